The molecule has 1 aromatic heterocycles. The zero-order chi connectivity index (χ0) is 17.4. The van der Waals surface area contributed by atoms with Crippen LogP contribution < -0.4 is 15.4 Å². The van der Waals surface area contributed by atoms with Crippen LogP contribution in [0.5, 0.6) is 5.75 Å². The van der Waals surface area contributed by atoms with Crippen LogP contribution in [0.4, 0.5) is 11.5 Å². The van der Waals surface area contributed by atoms with E-state index in [2.05, 4.69) is 20.5 Å². The Hall–Kier alpha value is -2.60. The second-order valence-corrected chi connectivity index (χ2v) is 5.74. The van der Waals surface area contributed by atoms with Gasteiger partial charge >= 0.3 is 0 Å². The fraction of sp³-hybridized carbons (Fsp3) is 0.333. The summed E-state index contributed by atoms with van der Waals surface area (Å²) in [4.78, 5) is 18.4. The molecule has 0 unspecified atom stereocenters. The topological polar surface area (TPSA) is 66.5 Å². The lowest BCUT2D eigenvalue weighted by Crippen LogP contribution is -2.20. The van der Waals surface area contributed by atoms with Gasteiger partial charge in [-0.1, -0.05) is 12.1 Å². The summed E-state index contributed by atoms with van der Waals surface area (Å²) < 4.78 is 5.10. The molecular formula is C18H24N4O2. The molecule has 2 aromatic rings. The summed E-state index contributed by atoms with van der Waals surface area (Å²) in [6, 6.07) is 11.1. The van der Waals surface area contributed by atoms with Crippen molar-refractivity contribution >= 4 is 17.4 Å². The van der Waals surface area contributed by atoms with Gasteiger partial charge in [0.05, 0.1) is 25.4 Å². The Labute approximate surface area is 142 Å². The highest BCUT2D eigenvalue weighted by Crippen LogP contribution is 2.13. The Balaban J connectivity index is 1.82. The first-order valence-corrected chi connectivity index (χ1v) is 7.84. The van der Waals surface area contributed by atoms with Crippen molar-refractivity contribution in [1.82, 2.24) is 9.88 Å². The largest absolute Gasteiger partial charge is 0.497 e. The molecule has 0 radical (unpaired) electrons. The van der Waals surface area contributed by atoms with Gasteiger partial charge in [0.25, 0.3) is 0 Å². The minimum Gasteiger partial charge on any atom is -0.497 e. The van der Waals surface area contributed by atoms with E-state index in [-0.39, 0.29) is 5.91 Å². The molecule has 0 aliphatic carbocycles. The standard InChI is InChI=1S/C18H24N4O2/c1-22(2)11-10-19-15-6-9-17(20-13-15)21-18(23)12-14-4-7-16(24-3)8-5-14/h4-9,13,19H,10-12H2,1-3H3,(H,20,21,23). The molecule has 1 amide bonds. The van der Waals surface area contributed by atoms with Crippen LogP contribution in [0.15, 0.2) is 42.6 Å². The van der Waals surface area contributed by atoms with E-state index >= 15 is 0 Å². The van der Waals surface area contributed by atoms with E-state index in [1.54, 1.807) is 19.4 Å². The van der Waals surface area contributed by atoms with Crippen LogP contribution in [0, 0.1) is 0 Å². The molecule has 2 rings (SSSR count). The number of hydrogen-bond acceptors (Lipinski definition) is 5. The number of rotatable bonds is 8. The molecule has 0 bridgehead atoms. The predicted octanol–water partition coefficient (Wildman–Crippen LogP) is 2.24. The Kier molecular flexibility index (Phi) is 6.57. The van der Waals surface area contributed by atoms with E-state index in [0.717, 1.165) is 30.1 Å². The molecule has 0 saturated carbocycles. The number of ether oxygens (including phenoxy) is 1. The highest BCUT2D eigenvalue weighted by atomic mass is 16.5. The summed E-state index contributed by atoms with van der Waals surface area (Å²) in [7, 11) is 5.68. The first kappa shape index (κ1) is 17.7. The molecule has 0 atom stereocenters. The van der Waals surface area contributed by atoms with E-state index in [0.29, 0.717) is 12.2 Å². The fourth-order valence-corrected chi connectivity index (χ4v) is 2.11. The van der Waals surface area contributed by atoms with E-state index < -0.39 is 0 Å². The molecule has 0 fully saturated rings. The van der Waals surface area contributed by atoms with Crippen molar-refractivity contribution in [2.75, 3.05) is 44.9 Å². The molecule has 2 N–H and O–H groups in total. The normalized spacial score (nSPS) is 10.5. The van der Waals surface area contributed by atoms with Crippen molar-refractivity contribution in [3.05, 3.63) is 48.2 Å². The van der Waals surface area contributed by atoms with Crippen LogP contribution in [0.1, 0.15) is 5.56 Å². The number of amides is 1. The summed E-state index contributed by atoms with van der Waals surface area (Å²) in [5.41, 5.74) is 1.86. The number of pyridine rings is 1. The SMILES string of the molecule is COc1ccc(CC(=O)Nc2ccc(NCCN(C)C)cn2)cc1. The van der Waals surface area contributed by atoms with Crippen molar-refractivity contribution in [3.63, 3.8) is 0 Å². The lowest BCUT2D eigenvalue weighted by molar-refractivity contribution is -0.115. The Morgan fingerprint density at radius 1 is 1.17 bits per heavy atom. The highest BCUT2D eigenvalue weighted by Gasteiger charge is 2.05. The number of likely N-dealkylation sites (N-methyl/N-ethyl adjacent to an activating group) is 1. The molecule has 0 saturated heterocycles. The summed E-state index contributed by atoms with van der Waals surface area (Å²) in [5, 5.41) is 6.08. The monoisotopic (exact) mass is 328 g/mol. The van der Waals surface area contributed by atoms with E-state index in [4.69, 9.17) is 4.74 Å². The number of methoxy groups -OCH3 is 1. The van der Waals surface area contributed by atoms with Crippen LogP contribution in [0.25, 0.3) is 0 Å². The van der Waals surface area contributed by atoms with Gasteiger partial charge in [-0.25, -0.2) is 4.98 Å². The van der Waals surface area contributed by atoms with Gasteiger partial charge in [0, 0.05) is 13.1 Å². The van der Waals surface area contributed by atoms with E-state index in [1.165, 1.54) is 0 Å². The second kappa shape index (κ2) is 8.88. The molecule has 1 aromatic carbocycles. The zero-order valence-electron chi connectivity index (χ0n) is 14.4. The molecule has 1 heterocycles. The number of aromatic nitrogens is 1. The third kappa shape index (κ3) is 5.89. The van der Waals surface area contributed by atoms with Gasteiger partial charge < -0.3 is 20.3 Å². The Morgan fingerprint density at radius 2 is 1.92 bits per heavy atom. The van der Waals surface area contributed by atoms with Crippen LogP contribution in [0.2, 0.25) is 0 Å². The van der Waals surface area contributed by atoms with Crippen molar-refractivity contribution in [1.29, 1.82) is 0 Å². The van der Waals surface area contributed by atoms with Crippen LogP contribution in [-0.2, 0) is 11.2 Å². The van der Waals surface area contributed by atoms with Gasteiger partial charge in [0.15, 0.2) is 0 Å². The zero-order valence-corrected chi connectivity index (χ0v) is 14.4. The van der Waals surface area contributed by atoms with Gasteiger partial charge in [-0.05, 0) is 43.9 Å². The quantitative estimate of drug-likeness (QED) is 0.778. The molecular weight excluding hydrogens is 304 g/mol. The minimum atomic E-state index is -0.0963. The second-order valence-electron chi connectivity index (χ2n) is 5.74. The molecule has 128 valence electrons. The highest BCUT2D eigenvalue weighted by molar-refractivity contribution is 5.91. The molecule has 0 aliphatic heterocycles. The number of carbonyl (C=O) groups excluding carboxylic acids is 1. The van der Waals surface area contributed by atoms with Crippen molar-refractivity contribution in [2.24, 2.45) is 0 Å². The van der Waals surface area contributed by atoms with Crippen LogP contribution in [0.3, 0.4) is 0 Å². The fourth-order valence-electron chi connectivity index (χ4n) is 2.11. The Morgan fingerprint density at radius 3 is 2.50 bits per heavy atom. The average Bonchev–Trinajstić information content (AvgIpc) is 2.57. The summed E-state index contributed by atoms with van der Waals surface area (Å²) in [5.74, 6) is 1.23. The Bertz CT molecular complexity index is 639. The van der Waals surface area contributed by atoms with Gasteiger partial charge in [-0.2, -0.15) is 0 Å². The third-order valence-electron chi connectivity index (χ3n) is 3.44. The minimum absolute atomic E-state index is 0.0963. The lowest BCUT2D eigenvalue weighted by atomic mass is 10.1. The molecule has 0 spiro atoms. The first-order chi connectivity index (χ1) is 11.6. The number of nitrogens with zero attached hydrogens (tertiary/aromatic N) is 2. The first-order valence-electron chi connectivity index (χ1n) is 7.84. The van der Waals surface area contributed by atoms with E-state index in [1.807, 2.05) is 44.4 Å². The molecule has 6 nitrogen and oxygen atoms in total. The van der Waals surface area contributed by atoms with Crippen LogP contribution in [-0.4, -0.2) is 50.1 Å². The molecule has 0 aliphatic rings. The maximum Gasteiger partial charge on any atom is 0.229 e. The van der Waals surface area contributed by atoms with Crippen molar-refractivity contribution < 1.29 is 9.53 Å². The number of anilines is 2. The number of carbonyl (C=O) groups is 1. The maximum atomic E-state index is 12.1. The van der Waals surface area contributed by atoms with E-state index in [9.17, 15) is 4.79 Å². The smallest absolute Gasteiger partial charge is 0.229 e. The van der Waals surface area contributed by atoms with Gasteiger partial charge in [-0.15, -0.1) is 0 Å². The lowest BCUT2D eigenvalue weighted by Gasteiger charge is -2.11. The predicted molar refractivity (Wildman–Crippen MR) is 96.6 cm³/mol. The van der Waals surface area contributed by atoms with Crippen molar-refractivity contribution in [2.45, 2.75) is 6.42 Å². The summed E-state index contributed by atoms with van der Waals surface area (Å²) in [6.07, 6.45) is 2.02. The van der Waals surface area contributed by atoms with Gasteiger partial charge in [0.2, 0.25) is 5.91 Å². The summed E-state index contributed by atoms with van der Waals surface area (Å²) >= 11 is 0. The molecule has 24 heavy (non-hydrogen) atoms. The number of benzene rings is 1. The van der Waals surface area contributed by atoms with Crippen LogP contribution >= 0.6 is 0 Å². The molecule has 6 heteroatoms. The van der Waals surface area contributed by atoms with Crippen molar-refractivity contribution in [3.8, 4) is 5.75 Å². The average molecular weight is 328 g/mol. The summed E-state index contributed by atoms with van der Waals surface area (Å²) in [6.45, 7) is 1.79. The van der Waals surface area contributed by atoms with Gasteiger partial charge in [-0.3, -0.25) is 4.79 Å². The number of hydrogen-bond donors (Lipinski definition) is 2. The maximum absolute atomic E-state index is 12.1. The number of nitrogens with one attached hydrogen (secondary N) is 2. The van der Waals surface area contributed by atoms with Gasteiger partial charge in [0.1, 0.15) is 11.6 Å². The third-order valence-corrected chi connectivity index (χ3v) is 3.44.